The van der Waals surface area contributed by atoms with Crippen molar-refractivity contribution in [2.24, 2.45) is 5.41 Å². The Morgan fingerprint density at radius 2 is 1.25 bits per heavy atom. The van der Waals surface area contributed by atoms with E-state index >= 15 is 0 Å². The quantitative estimate of drug-likeness (QED) is 0.355. The fraction of sp³-hybridized carbons (Fsp3) is 0.125. The number of ether oxygens (including phenoxy) is 1. The van der Waals surface area contributed by atoms with Crippen molar-refractivity contribution in [3.05, 3.63) is 137 Å². The highest BCUT2D eigenvalue weighted by atomic mass is 16.5. The number of para-hydroxylation sites is 2. The van der Waals surface area contributed by atoms with Crippen LogP contribution in [-0.4, -0.2) is 0 Å². The largest absolute Gasteiger partial charge is 0.459 e. The van der Waals surface area contributed by atoms with Crippen molar-refractivity contribution >= 4 is 17.5 Å². The normalized spacial score (nSPS) is 13.5. The molecule has 3 aromatic rings. The minimum absolute atomic E-state index is 0.0441. The summed E-state index contributed by atoms with van der Waals surface area (Å²) in [5.41, 5.74) is 3.91. The van der Waals surface area contributed by atoms with Crippen molar-refractivity contribution in [2.75, 3.05) is 4.90 Å². The molecule has 4 rings (SSSR count). The highest BCUT2D eigenvalue weighted by Gasteiger charge is 2.29. The molecule has 0 amide bonds. The summed E-state index contributed by atoms with van der Waals surface area (Å²) in [7, 11) is 0. The van der Waals surface area contributed by atoms with E-state index in [9.17, 15) is 10.5 Å². The van der Waals surface area contributed by atoms with E-state index < -0.39 is 0 Å². The van der Waals surface area contributed by atoms with Gasteiger partial charge in [0.1, 0.15) is 23.5 Å². The van der Waals surface area contributed by atoms with Crippen molar-refractivity contribution < 1.29 is 4.74 Å². The number of hydrogen-bond acceptors (Lipinski definition) is 4. The zero-order valence-electron chi connectivity index (χ0n) is 20.6. The average Bonchev–Trinajstić information content (AvgIpc) is 2.90. The van der Waals surface area contributed by atoms with E-state index in [2.05, 4.69) is 11.0 Å². The van der Waals surface area contributed by atoms with Crippen LogP contribution in [0.5, 0.6) is 0 Å². The molecule has 0 aromatic heterocycles. The van der Waals surface area contributed by atoms with Crippen LogP contribution in [0.25, 0.3) is 6.08 Å². The summed E-state index contributed by atoms with van der Waals surface area (Å²) in [5.74, 6) is 1.23. The van der Waals surface area contributed by atoms with Gasteiger partial charge in [-0.25, -0.2) is 0 Å². The molecular formula is C32H27N3O. The maximum Gasteiger partial charge on any atom is 0.151 e. The Bertz CT molecular complexity index is 1370. The third kappa shape index (κ3) is 5.46. The Morgan fingerprint density at radius 1 is 0.750 bits per heavy atom. The second-order valence-corrected chi connectivity index (χ2v) is 9.37. The van der Waals surface area contributed by atoms with Gasteiger partial charge in [-0.3, -0.25) is 0 Å². The summed E-state index contributed by atoms with van der Waals surface area (Å²) >= 11 is 0. The molecular weight excluding hydrogens is 442 g/mol. The smallest absolute Gasteiger partial charge is 0.151 e. The number of nitrogens with zero attached hydrogens (tertiary/aromatic N) is 3. The highest BCUT2D eigenvalue weighted by molar-refractivity contribution is 5.77. The van der Waals surface area contributed by atoms with Crippen molar-refractivity contribution in [3.8, 4) is 12.1 Å². The van der Waals surface area contributed by atoms with Gasteiger partial charge in [0, 0.05) is 22.4 Å². The SMILES string of the molecule is CC(C)(C)C1=CC(=C(C#N)C#N)C=C(C(=Cc2ccccc2)N(c2ccccc2)c2ccccc2)O1. The molecule has 4 heteroatoms. The van der Waals surface area contributed by atoms with Gasteiger partial charge in [0.15, 0.2) is 5.76 Å². The molecule has 1 aliphatic heterocycles. The van der Waals surface area contributed by atoms with E-state index in [1.807, 2.05) is 124 Å². The van der Waals surface area contributed by atoms with Gasteiger partial charge in [0.05, 0.1) is 5.70 Å². The van der Waals surface area contributed by atoms with Crippen molar-refractivity contribution in [1.82, 2.24) is 0 Å². The van der Waals surface area contributed by atoms with Gasteiger partial charge < -0.3 is 9.64 Å². The summed E-state index contributed by atoms with van der Waals surface area (Å²) in [5, 5.41) is 19.3. The molecule has 36 heavy (non-hydrogen) atoms. The van der Waals surface area contributed by atoms with Crippen LogP contribution in [0, 0.1) is 28.1 Å². The number of hydrogen-bond donors (Lipinski definition) is 0. The third-order valence-corrected chi connectivity index (χ3v) is 5.67. The van der Waals surface area contributed by atoms with E-state index in [1.54, 1.807) is 12.2 Å². The molecule has 0 radical (unpaired) electrons. The maximum absolute atomic E-state index is 9.64. The molecule has 0 aliphatic carbocycles. The summed E-state index contributed by atoms with van der Waals surface area (Å²) in [6, 6.07) is 34.2. The van der Waals surface area contributed by atoms with E-state index in [-0.39, 0.29) is 11.0 Å². The summed E-state index contributed by atoms with van der Waals surface area (Å²) in [4.78, 5) is 2.13. The summed E-state index contributed by atoms with van der Waals surface area (Å²) in [6.45, 7) is 6.14. The topological polar surface area (TPSA) is 60.0 Å². The van der Waals surface area contributed by atoms with Crippen LogP contribution in [0.3, 0.4) is 0 Å². The van der Waals surface area contributed by atoms with E-state index in [0.29, 0.717) is 17.1 Å². The lowest BCUT2D eigenvalue weighted by molar-refractivity contribution is 0.219. The van der Waals surface area contributed by atoms with E-state index in [0.717, 1.165) is 22.6 Å². The second kappa shape index (κ2) is 10.6. The number of benzene rings is 3. The minimum Gasteiger partial charge on any atom is -0.459 e. The molecule has 0 saturated heterocycles. The first-order chi connectivity index (χ1) is 17.4. The zero-order chi connectivity index (χ0) is 25.5. The third-order valence-electron chi connectivity index (χ3n) is 5.67. The van der Waals surface area contributed by atoms with Crippen LogP contribution < -0.4 is 4.90 Å². The molecule has 3 aromatic carbocycles. The average molecular weight is 470 g/mol. The van der Waals surface area contributed by atoms with Crippen LogP contribution in [-0.2, 0) is 4.74 Å². The van der Waals surface area contributed by atoms with Gasteiger partial charge in [-0.05, 0) is 48.1 Å². The monoisotopic (exact) mass is 469 g/mol. The highest BCUT2D eigenvalue weighted by Crippen LogP contribution is 2.40. The van der Waals surface area contributed by atoms with Crippen LogP contribution in [0.15, 0.2) is 132 Å². The molecule has 4 nitrogen and oxygen atoms in total. The number of allylic oxidation sites excluding steroid dienone is 5. The predicted molar refractivity (Wildman–Crippen MR) is 144 cm³/mol. The van der Waals surface area contributed by atoms with Crippen molar-refractivity contribution in [3.63, 3.8) is 0 Å². The van der Waals surface area contributed by atoms with Gasteiger partial charge in [-0.1, -0.05) is 87.5 Å². The van der Waals surface area contributed by atoms with Gasteiger partial charge in [0.2, 0.25) is 0 Å². The Kier molecular flexibility index (Phi) is 7.19. The fourth-order valence-electron chi connectivity index (χ4n) is 3.83. The Hall–Kier alpha value is -4.80. The van der Waals surface area contributed by atoms with Crippen LogP contribution in [0.1, 0.15) is 26.3 Å². The fourth-order valence-corrected chi connectivity index (χ4v) is 3.83. The predicted octanol–water partition coefficient (Wildman–Crippen LogP) is 8.05. The Morgan fingerprint density at radius 3 is 1.72 bits per heavy atom. The van der Waals surface area contributed by atoms with E-state index in [1.165, 1.54) is 0 Å². The molecule has 0 fully saturated rings. The summed E-state index contributed by atoms with van der Waals surface area (Å²) in [6.07, 6.45) is 5.64. The standard InChI is InChI=1S/C32H27N3O/c1-32(2,3)31-21-25(26(22-33)23-34)20-30(36-31)29(19-24-13-7-4-8-14-24)35(27-15-9-5-10-16-27)28-17-11-6-12-18-28/h4-21H,1-3H3. The van der Waals surface area contributed by atoms with Gasteiger partial charge in [0.25, 0.3) is 0 Å². The zero-order valence-corrected chi connectivity index (χ0v) is 20.6. The van der Waals surface area contributed by atoms with Crippen LogP contribution in [0.4, 0.5) is 11.4 Å². The first kappa shape index (κ1) is 24.3. The summed E-state index contributed by atoms with van der Waals surface area (Å²) < 4.78 is 6.54. The lowest BCUT2D eigenvalue weighted by Gasteiger charge is -2.33. The molecule has 0 unspecified atom stereocenters. The second-order valence-electron chi connectivity index (χ2n) is 9.37. The number of rotatable bonds is 5. The van der Waals surface area contributed by atoms with Crippen molar-refractivity contribution in [2.45, 2.75) is 20.8 Å². The minimum atomic E-state index is -0.344. The van der Waals surface area contributed by atoms with Crippen LogP contribution in [0.2, 0.25) is 0 Å². The maximum atomic E-state index is 9.64. The Labute approximate surface area is 213 Å². The number of nitriles is 2. The molecule has 1 heterocycles. The van der Waals surface area contributed by atoms with Crippen molar-refractivity contribution in [1.29, 1.82) is 10.5 Å². The first-order valence-corrected chi connectivity index (χ1v) is 11.7. The molecule has 0 saturated carbocycles. The molecule has 0 bridgehead atoms. The van der Waals surface area contributed by atoms with E-state index in [4.69, 9.17) is 4.74 Å². The lowest BCUT2D eigenvalue weighted by Crippen LogP contribution is -2.23. The van der Waals surface area contributed by atoms with Gasteiger partial charge in [-0.2, -0.15) is 10.5 Å². The molecule has 176 valence electrons. The van der Waals surface area contributed by atoms with Crippen LogP contribution >= 0.6 is 0 Å². The Balaban J connectivity index is 2.01. The molecule has 0 spiro atoms. The molecule has 0 N–H and O–H groups in total. The van der Waals surface area contributed by atoms with Gasteiger partial charge >= 0.3 is 0 Å². The first-order valence-electron chi connectivity index (χ1n) is 11.7. The van der Waals surface area contributed by atoms with Gasteiger partial charge in [-0.15, -0.1) is 0 Å². The number of anilines is 2. The molecule has 0 atom stereocenters. The lowest BCUT2D eigenvalue weighted by atomic mass is 9.90. The molecule has 1 aliphatic rings.